The maximum atomic E-state index is 13.2. The average Bonchev–Trinajstić information content (AvgIpc) is 2.85. The molecule has 1 aromatic carbocycles. The normalized spacial score (nSPS) is 25.5. The molecule has 2 heterocycles. The zero-order valence-electron chi connectivity index (χ0n) is 12.7. The van der Waals surface area contributed by atoms with Crippen LogP contribution in [0.3, 0.4) is 0 Å². The Morgan fingerprint density at radius 3 is 2.90 bits per heavy atom. The highest BCUT2D eigenvalue weighted by Gasteiger charge is 2.42. The van der Waals surface area contributed by atoms with Crippen LogP contribution in [0.1, 0.15) is 31.7 Å². The molecule has 0 bridgehead atoms. The molecule has 2 fully saturated rings. The van der Waals surface area contributed by atoms with Gasteiger partial charge in [-0.15, -0.1) is 0 Å². The summed E-state index contributed by atoms with van der Waals surface area (Å²) in [5.74, 6) is -0.153. The molecule has 0 amide bonds. The Bertz CT molecular complexity index is 472. The van der Waals surface area contributed by atoms with Gasteiger partial charge in [0.1, 0.15) is 5.82 Å². The zero-order chi connectivity index (χ0) is 14.7. The van der Waals surface area contributed by atoms with Gasteiger partial charge >= 0.3 is 0 Å². The largest absolute Gasteiger partial charge is 0.376 e. The summed E-state index contributed by atoms with van der Waals surface area (Å²) in [6, 6.07) is 6.89. The van der Waals surface area contributed by atoms with Gasteiger partial charge in [-0.05, 0) is 37.5 Å². The molecule has 0 saturated carbocycles. The molecular formula is C17H24FNO2. The lowest BCUT2D eigenvalue weighted by Gasteiger charge is -2.38. The molecule has 0 unspecified atom stereocenters. The summed E-state index contributed by atoms with van der Waals surface area (Å²) in [6.07, 6.45) is 3.39. The maximum Gasteiger partial charge on any atom is 0.123 e. The Morgan fingerprint density at radius 1 is 1.38 bits per heavy atom. The van der Waals surface area contributed by atoms with Crippen LogP contribution >= 0.6 is 0 Å². The van der Waals surface area contributed by atoms with Crippen molar-refractivity contribution in [3.05, 3.63) is 35.6 Å². The van der Waals surface area contributed by atoms with Crippen molar-refractivity contribution in [1.29, 1.82) is 0 Å². The van der Waals surface area contributed by atoms with Crippen LogP contribution in [-0.2, 0) is 16.0 Å². The van der Waals surface area contributed by atoms with E-state index in [1.54, 1.807) is 12.1 Å². The number of nitrogens with zero attached hydrogens (tertiary/aromatic N) is 1. The fraction of sp³-hybridized carbons (Fsp3) is 0.647. The van der Waals surface area contributed by atoms with Crippen molar-refractivity contribution in [3.63, 3.8) is 0 Å². The molecule has 0 N–H and O–H groups in total. The van der Waals surface area contributed by atoms with Gasteiger partial charge in [-0.3, -0.25) is 4.90 Å². The molecule has 21 heavy (non-hydrogen) atoms. The third-order valence-corrected chi connectivity index (χ3v) is 4.64. The minimum Gasteiger partial charge on any atom is -0.376 e. The number of benzene rings is 1. The lowest BCUT2D eigenvalue weighted by Crippen LogP contribution is -2.43. The van der Waals surface area contributed by atoms with Crippen molar-refractivity contribution in [3.8, 4) is 0 Å². The smallest absolute Gasteiger partial charge is 0.123 e. The van der Waals surface area contributed by atoms with Gasteiger partial charge in [0, 0.05) is 32.7 Å². The van der Waals surface area contributed by atoms with E-state index in [0.29, 0.717) is 0 Å². The van der Waals surface area contributed by atoms with Crippen LogP contribution in [-0.4, -0.2) is 42.9 Å². The number of ether oxygens (including phenoxy) is 2. The molecular weight excluding hydrogens is 269 g/mol. The number of hydrogen-bond donors (Lipinski definition) is 0. The second-order valence-corrected chi connectivity index (χ2v) is 6.18. The first kappa shape index (κ1) is 14.9. The highest BCUT2D eigenvalue weighted by atomic mass is 19.1. The van der Waals surface area contributed by atoms with E-state index in [0.717, 1.165) is 57.7 Å². The van der Waals surface area contributed by atoms with Crippen molar-refractivity contribution in [2.24, 2.45) is 0 Å². The van der Waals surface area contributed by atoms with Crippen LogP contribution in [0.2, 0.25) is 0 Å². The van der Waals surface area contributed by atoms with Gasteiger partial charge in [0.25, 0.3) is 0 Å². The Balaban J connectivity index is 1.51. The van der Waals surface area contributed by atoms with Gasteiger partial charge in [0.15, 0.2) is 0 Å². The zero-order valence-corrected chi connectivity index (χ0v) is 12.7. The minimum absolute atomic E-state index is 0.0261. The van der Waals surface area contributed by atoms with E-state index >= 15 is 0 Å². The molecule has 4 heteroatoms. The summed E-state index contributed by atoms with van der Waals surface area (Å²) < 4.78 is 25.0. The summed E-state index contributed by atoms with van der Waals surface area (Å²) in [4.78, 5) is 2.39. The summed E-state index contributed by atoms with van der Waals surface area (Å²) in [5.41, 5.74) is 1.07. The van der Waals surface area contributed by atoms with Crippen LogP contribution in [0.25, 0.3) is 0 Å². The van der Waals surface area contributed by atoms with Crippen molar-refractivity contribution in [2.45, 2.75) is 44.4 Å². The van der Waals surface area contributed by atoms with Gasteiger partial charge in [0.2, 0.25) is 0 Å². The predicted octanol–water partition coefficient (Wildman–Crippen LogP) is 2.99. The Hall–Kier alpha value is -0.970. The minimum atomic E-state index is -0.153. The third kappa shape index (κ3) is 3.62. The van der Waals surface area contributed by atoms with E-state index in [-0.39, 0.29) is 17.5 Å². The van der Waals surface area contributed by atoms with Crippen molar-refractivity contribution < 1.29 is 13.9 Å². The highest BCUT2D eigenvalue weighted by molar-refractivity contribution is 5.16. The fourth-order valence-corrected chi connectivity index (χ4v) is 3.51. The molecule has 1 aromatic rings. The topological polar surface area (TPSA) is 21.7 Å². The Kier molecular flexibility index (Phi) is 4.57. The van der Waals surface area contributed by atoms with E-state index in [1.807, 2.05) is 13.0 Å². The summed E-state index contributed by atoms with van der Waals surface area (Å²) >= 11 is 0. The van der Waals surface area contributed by atoms with Gasteiger partial charge in [0.05, 0.1) is 18.3 Å². The molecule has 2 aliphatic heterocycles. The van der Waals surface area contributed by atoms with Crippen LogP contribution in [0.4, 0.5) is 4.39 Å². The second kappa shape index (κ2) is 6.42. The molecule has 1 atom stereocenters. The molecule has 0 aliphatic carbocycles. The molecule has 0 radical (unpaired) electrons. The Labute approximate surface area is 126 Å². The Morgan fingerprint density at radius 2 is 2.19 bits per heavy atom. The van der Waals surface area contributed by atoms with Gasteiger partial charge in [-0.1, -0.05) is 12.1 Å². The van der Waals surface area contributed by atoms with Crippen molar-refractivity contribution >= 4 is 0 Å². The monoisotopic (exact) mass is 293 g/mol. The quantitative estimate of drug-likeness (QED) is 0.852. The van der Waals surface area contributed by atoms with Crippen LogP contribution in [0, 0.1) is 5.82 Å². The fourth-order valence-electron chi connectivity index (χ4n) is 3.51. The molecule has 0 aromatic heterocycles. The number of halogens is 1. The number of rotatable bonds is 4. The lowest BCUT2D eigenvalue weighted by molar-refractivity contribution is -0.0464. The average molecular weight is 293 g/mol. The first-order chi connectivity index (χ1) is 10.2. The predicted molar refractivity (Wildman–Crippen MR) is 79.6 cm³/mol. The van der Waals surface area contributed by atoms with E-state index in [2.05, 4.69) is 4.90 Å². The van der Waals surface area contributed by atoms with Crippen LogP contribution in [0.15, 0.2) is 24.3 Å². The molecule has 2 aliphatic rings. The molecule has 1 spiro atoms. The van der Waals surface area contributed by atoms with E-state index in [1.165, 1.54) is 6.07 Å². The molecule has 2 saturated heterocycles. The number of hydrogen-bond acceptors (Lipinski definition) is 3. The second-order valence-electron chi connectivity index (χ2n) is 6.18. The van der Waals surface area contributed by atoms with E-state index in [9.17, 15) is 4.39 Å². The highest BCUT2D eigenvalue weighted by Crippen LogP contribution is 2.37. The van der Waals surface area contributed by atoms with Gasteiger partial charge in [-0.25, -0.2) is 4.39 Å². The standard InChI is InChI=1S/C17H24FNO2/c1-2-20-16-11-17(21-13-16)6-8-19(9-7-17)12-14-4-3-5-15(18)10-14/h3-5,10,16H,2,6-9,11-13H2,1H3/t16-/m1/s1. The molecule has 3 rings (SSSR count). The van der Waals surface area contributed by atoms with Gasteiger partial charge in [-0.2, -0.15) is 0 Å². The summed E-state index contributed by atoms with van der Waals surface area (Å²) in [7, 11) is 0. The lowest BCUT2D eigenvalue weighted by atomic mass is 9.88. The van der Waals surface area contributed by atoms with Crippen LogP contribution < -0.4 is 0 Å². The molecule has 3 nitrogen and oxygen atoms in total. The van der Waals surface area contributed by atoms with E-state index < -0.39 is 0 Å². The molecule has 116 valence electrons. The number of likely N-dealkylation sites (tertiary alicyclic amines) is 1. The summed E-state index contributed by atoms with van der Waals surface area (Å²) in [6.45, 7) is 6.37. The SMILES string of the molecule is CCO[C@H]1COC2(CCN(Cc3cccc(F)c3)CC2)C1. The third-order valence-electron chi connectivity index (χ3n) is 4.64. The van der Waals surface area contributed by atoms with Crippen LogP contribution in [0.5, 0.6) is 0 Å². The van der Waals surface area contributed by atoms with Crippen molar-refractivity contribution in [2.75, 3.05) is 26.3 Å². The maximum absolute atomic E-state index is 13.2. The first-order valence-corrected chi connectivity index (χ1v) is 7.91. The number of piperidine rings is 1. The van der Waals surface area contributed by atoms with E-state index in [4.69, 9.17) is 9.47 Å². The van der Waals surface area contributed by atoms with Gasteiger partial charge < -0.3 is 9.47 Å². The van der Waals surface area contributed by atoms with Crippen molar-refractivity contribution in [1.82, 2.24) is 4.90 Å². The summed E-state index contributed by atoms with van der Waals surface area (Å²) in [5, 5.41) is 0. The first-order valence-electron chi connectivity index (χ1n) is 7.91.